The van der Waals surface area contributed by atoms with Crippen molar-refractivity contribution in [2.45, 2.75) is 6.42 Å². The maximum Gasteiger partial charge on any atom is 0.338 e. The second-order valence-electron chi connectivity index (χ2n) is 5.30. The van der Waals surface area contributed by atoms with Crippen molar-refractivity contribution in [3.05, 3.63) is 53.1 Å². The van der Waals surface area contributed by atoms with Crippen molar-refractivity contribution in [3.8, 4) is 5.75 Å². The highest BCUT2D eigenvalue weighted by molar-refractivity contribution is 6.03. The quantitative estimate of drug-likeness (QED) is 0.588. The van der Waals surface area contributed by atoms with Gasteiger partial charge in [-0.3, -0.25) is 4.79 Å². The number of nitrogens with zero attached hydrogens (tertiary/aromatic N) is 2. The molecule has 0 aliphatic heterocycles. The molecule has 0 spiro atoms. The molecule has 140 valence electrons. The first-order chi connectivity index (χ1) is 12.8. The highest BCUT2D eigenvalue weighted by Crippen LogP contribution is 2.26. The number of phenolic OH excluding ortho intramolecular Hbond substituents is 1. The molecule has 2 aromatic carbocycles. The maximum absolute atomic E-state index is 11.9. The number of aromatic hydroxyl groups is 1. The van der Waals surface area contributed by atoms with Crippen LogP contribution in [0, 0.1) is 0 Å². The monoisotopic (exact) mass is 372 g/mol. The molecule has 0 atom stereocenters. The lowest BCUT2D eigenvalue weighted by atomic mass is 10.1. The van der Waals surface area contributed by atoms with Gasteiger partial charge in [0.15, 0.2) is 0 Å². The maximum atomic E-state index is 11.9. The number of benzene rings is 2. The van der Waals surface area contributed by atoms with E-state index >= 15 is 0 Å². The van der Waals surface area contributed by atoms with Gasteiger partial charge >= 0.3 is 17.9 Å². The zero-order chi connectivity index (χ0) is 20.0. The molecule has 0 saturated heterocycles. The van der Waals surface area contributed by atoms with Crippen LogP contribution in [0.3, 0.4) is 0 Å². The van der Waals surface area contributed by atoms with E-state index in [1.54, 1.807) is 0 Å². The van der Waals surface area contributed by atoms with Gasteiger partial charge in [-0.15, -0.1) is 0 Å². The molecule has 0 aromatic heterocycles. The van der Waals surface area contributed by atoms with Gasteiger partial charge in [0, 0.05) is 5.56 Å². The Morgan fingerprint density at radius 2 is 1.44 bits per heavy atom. The van der Waals surface area contributed by atoms with Gasteiger partial charge < -0.3 is 19.7 Å². The number of aliphatic carboxylic acids is 1. The second-order valence-corrected chi connectivity index (χ2v) is 5.30. The number of carboxylic acid groups (broad SMARTS) is 1. The molecule has 2 aromatic rings. The molecule has 0 radical (unpaired) electrons. The Bertz CT molecular complexity index is 922. The van der Waals surface area contributed by atoms with E-state index in [1.165, 1.54) is 50.6 Å². The number of rotatable bonds is 6. The lowest BCUT2D eigenvalue weighted by Gasteiger charge is -2.06. The number of esters is 2. The Kier molecular flexibility index (Phi) is 6.21. The molecule has 27 heavy (non-hydrogen) atoms. The molecule has 0 amide bonds. The van der Waals surface area contributed by atoms with Crippen molar-refractivity contribution in [1.82, 2.24) is 0 Å². The number of carbonyl (C=O) groups is 3. The van der Waals surface area contributed by atoms with Crippen LogP contribution in [0.1, 0.15) is 26.3 Å². The smallest absolute Gasteiger partial charge is 0.338 e. The van der Waals surface area contributed by atoms with Crippen molar-refractivity contribution in [3.63, 3.8) is 0 Å². The highest BCUT2D eigenvalue weighted by atomic mass is 16.5. The van der Waals surface area contributed by atoms with E-state index in [0.29, 0.717) is 5.69 Å². The van der Waals surface area contributed by atoms with Crippen LogP contribution in [0.2, 0.25) is 0 Å². The Hall–Kier alpha value is -3.75. The summed E-state index contributed by atoms with van der Waals surface area (Å²) in [7, 11) is 2.37. The third kappa shape index (κ3) is 4.88. The lowest BCUT2D eigenvalue weighted by molar-refractivity contribution is -0.136. The number of ether oxygens (including phenoxy) is 2. The van der Waals surface area contributed by atoms with E-state index in [0.717, 1.165) is 0 Å². The molecule has 9 nitrogen and oxygen atoms in total. The molecule has 0 aliphatic carbocycles. The number of phenols is 1. The normalized spacial score (nSPS) is 10.6. The molecule has 0 fully saturated rings. The summed E-state index contributed by atoms with van der Waals surface area (Å²) in [6.45, 7) is 0. The summed E-state index contributed by atoms with van der Waals surface area (Å²) in [5.41, 5.74) is 0.751. The second kappa shape index (κ2) is 8.56. The van der Waals surface area contributed by atoms with Gasteiger partial charge in [-0.2, -0.15) is 10.2 Å². The average Bonchev–Trinajstić information content (AvgIpc) is 2.66. The fourth-order valence-corrected chi connectivity index (χ4v) is 2.22. The lowest BCUT2D eigenvalue weighted by Crippen LogP contribution is -2.11. The minimum absolute atomic E-state index is 0.0247. The Morgan fingerprint density at radius 1 is 0.889 bits per heavy atom. The molecule has 0 saturated carbocycles. The molecular formula is C18H16N2O7. The average molecular weight is 372 g/mol. The van der Waals surface area contributed by atoms with E-state index in [9.17, 15) is 19.5 Å². The van der Waals surface area contributed by atoms with Crippen LogP contribution in [0.4, 0.5) is 11.4 Å². The van der Waals surface area contributed by atoms with Crippen LogP contribution < -0.4 is 0 Å². The molecule has 2 rings (SSSR count). The van der Waals surface area contributed by atoms with Crippen LogP contribution >= 0.6 is 0 Å². The van der Waals surface area contributed by atoms with Crippen LogP contribution in [0.5, 0.6) is 5.75 Å². The van der Waals surface area contributed by atoms with Gasteiger partial charge in [0.1, 0.15) is 5.75 Å². The number of carbonyl (C=O) groups excluding carboxylic acids is 2. The standard InChI is InChI=1S/C18H16N2O7/c1-26-17(24)13-5-3-12(9-14(13)18(25)27-2)20-19-11-4-6-15(21)10(7-11)8-16(22)23/h3-7,9,21H,8H2,1-2H3,(H,22,23). The molecule has 0 unspecified atom stereocenters. The summed E-state index contributed by atoms with van der Waals surface area (Å²) in [6.07, 6.45) is -0.366. The van der Waals surface area contributed by atoms with Crippen molar-refractivity contribution in [2.75, 3.05) is 14.2 Å². The van der Waals surface area contributed by atoms with Crippen molar-refractivity contribution >= 4 is 29.3 Å². The van der Waals surface area contributed by atoms with Gasteiger partial charge in [0.2, 0.25) is 0 Å². The van der Waals surface area contributed by atoms with E-state index in [1.807, 2.05) is 0 Å². The van der Waals surface area contributed by atoms with Crippen LogP contribution in [-0.4, -0.2) is 42.3 Å². The number of carboxylic acids is 1. The van der Waals surface area contributed by atoms with Gasteiger partial charge in [0.25, 0.3) is 0 Å². The van der Waals surface area contributed by atoms with E-state index in [4.69, 9.17) is 5.11 Å². The third-order valence-electron chi connectivity index (χ3n) is 3.50. The Morgan fingerprint density at radius 3 is 2.04 bits per heavy atom. The van der Waals surface area contributed by atoms with Crippen molar-refractivity contribution in [2.24, 2.45) is 10.2 Å². The highest BCUT2D eigenvalue weighted by Gasteiger charge is 2.19. The Balaban J connectivity index is 2.35. The van der Waals surface area contributed by atoms with Gasteiger partial charge in [-0.1, -0.05) is 0 Å². The molecular weight excluding hydrogens is 356 g/mol. The molecule has 0 bridgehead atoms. The summed E-state index contributed by atoms with van der Waals surface area (Å²) >= 11 is 0. The van der Waals surface area contributed by atoms with Gasteiger partial charge in [-0.05, 0) is 36.4 Å². The molecule has 0 aliphatic rings. The fraction of sp³-hybridized carbons (Fsp3) is 0.167. The number of hydrogen-bond acceptors (Lipinski definition) is 8. The predicted octanol–water partition coefficient (Wildman–Crippen LogP) is 3.01. The van der Waals surface area contributed by atoms with E-state index in [-0.39, 0.29) is 34.5 Å². The van der Waals surface area contributed by atoms with Crippen LogP contribution in [0.15, 0.2) is 46.6 Å². The number of hydrogen-bond donors (Lipinski definition) is 2. The zero-order valence-corrected chi connectivity index (χ0v) is 14.5. The summed E-state index contributed by atoms with van der Waals surface area (Å²) in [6, 6.07) is 8.29. The summed E-state index contributed by atoms with van der Waals surface area (Å²) in [5.74, 6) is -2.69. The zero-order valence-electron chi connectivity index (χ0n) is 14.5. The molecule has 9 heteroatoms. The first-order valence-electron chi connectivity index (χ1n) is 7.61. The van der Waals surface area contributed by atoms with Crippen LogP contribution in [-0.2, 0) is 20.7 Å². The van der Waals surface area contributed by atoms with Crippen LogP contribution in [0.25, 0.3) is 0 Å². The first kappa shape index (κ1) is 19.6. The molecule has 0 heterocycles. The first-order valence-corrected chi connectivity index (χ1v) is 7.61. The van der Waals surface area contributed by atoms with Crippen molar-refractivity contribution < 1.29 is 34.1 Å². The Labute approximate surface area is 153 Å². The minimum Gasteiger partial charge on any atom is -0.508 e. The number of methoxy groups -OCH3 is 2. The fourth-order valence-electron chi connectivity index (χ4n) is 2.22. The summed E-state index contributed by atoms with van der Waals surface area (Å²) in [5, 5.41) is 26.4. The van der Waals surface area contributed by atoms with E-state index in [2.05, 4.69) is 19.7 Å². The van der Waals surface area contributed by atoms with Gasteiger partial charge in [-0.25, -0.2) is 9.59 Å². The summed E-state index contributed by atoms with van der Waals surface area (Å²) in [4.78, 5) is 34.4. The van der Waals surface area contributed by atoms with Crippen molar-refractivity contribution in [1.29, 1.82) is 0 Å². The van der Waals surface area contributed by atoms with E-state index < -0.39 is 17.9 Å². The molecule has 2 N–H and O–H groups in total. The topological polar surface area (TPSA) is 135 Å². The van der Waals surface area contributed by atoms with Gasteiger partial charge in [0.05, 0.1) is 43.1 Å². The minimum atomic E-state index is -1.10. The SMILES string of the molecule is COC(=O)c1ccc(N=Nc2ccc(O)c(CC(=O)O)c2)cc1C(=O)OC. The third-order valence-corrected chi connectivity index (χ3v) is 3.50. The summed E-state index contributed by atoms with van der Waals surface area (Å²) < 4.78 is 9.28. The predicted molar refractivity (Wildman–Crippen MR) is 92.7 cm³/mol. The largest absolute Gasteiger partial charge is 0.508 e. The number of azo groups is 1.